The minimum atomic E-state index is 0.653. The smallest absolute Gasteiger partial charge is 0.118 e. The molecule has 0 aromatic heterocycles. The SMILES string of the molecule is CCC(C)CCC(C)c1ccc(OC)cc1. The van der Waals surface area contributed by atoms with E-state index in [4.69, 9.17) is 4.74 Å². The van der Waals surface area contributed by atoms with E-state index >= 15 is 0 Å². The van der Waals surface area contributed by atoms with Gasteiger partial charge in [0.1, 0.15) is 5.75 Å². The van der Waals surface area contributed by atoms with Crippen LogP contribution >= 0.6 is 0 Å². The molecule has 2 unspecified atom stereocenters. The van der Waals surface area contributed by atoms with Gasteiger partial charge in [-0.15, -0.1) is 0 Å². The van der Waals surface area contributed by atoms with E-state index in [0.717, 1.165) is 11.7 Å². The van der Waals surface area contributed by atoms with Crippen LogP contribution in [0.25, 0.3) is 0 Å². The largest absolute Gasteiger partial charge is 0.497 e. The topological polar surface area (TPSA) is 9.23 Å². The second kappa shape index (κ2) is 6.57. The van der Waals surface area contributed by atoms with E-state index in [1.807, 2.05) is 0 Å². The predicted octanol–water partition coefficient (Wildman–Crippen LogP) is 4.63. The van der Waals surface area contributed by atoms with Crippen molar-refractivity contribution in [2.75, 3.05) is 7.11 Å². The van der Waals surface area contributed by atoms with Crippen LogP contribution in [0, 0.1) is 5.92 Å². The molecule has 0 spiro atoms. The van der Waals surface area contributed by atoms with Crippen LogP contribution in [0.2, 0.25) is 0 Å². The number of hydrogen-bond donors (Lipinski definition) is 0. The molecule has 0 radical (unpaired) electrons. The third kappa shape index (κ3) is 3.88. The van der Waals surface area contributed by atoms with Crippen molar-refractivity contribution in [2.45, 2.75) is 46.0 Å². The van der Waals surface area contributed by atoms with Crippen LogP contribution in [0.15, 0.2) is 24.3 Å². The first kappa shape index (κ1) is 13.1. The zero-order chi connectivity index (χ0) is 12.0. The first-order chi connectivity index (χ1) is 7.67. The molecule has 0 fully saturated rings. The Bertz CT molecular complexity index is 289. The molecule has 1 rings (SSSR count). The summed E-state index contributed by atoms with van der Waals surface area (Å²) < 4.78 is 5.16. The summed E-state index contributed by atoms with van der Waals surface area (Å²) in [6.45, 7) is 6.91. The van der Waals surface area contributed by atoms with E-state index in [1.54, 1.807) is 7.11 Å². The summed E-state index contributed by atoms with van der Waals surface area (Å²) >= 11 is 0. The molecule has 90 valence electrons. The number of ether oxygens (including phenoxy) is 1. The first-order valence-electron chi connectivity index (χ1n) is 6.31. The Morgan fingerprint density at radius 2 is 1.69 bits per heavy atom. The van der Waals surface area contributed by atoms with E-state index in [-0.39, 0.29) is 0 Å². The fourth-order valence-electron chi connectivity index (χ4n) is 1.84. The molecular weight excluding hydrogens is 196 g/mol. The normalized spacial score (nSPS) is 14.5. The minimum absolute atomic E-state index is 0.653. The van der Waals surface area contributed by atoms with Crippen LogP contribution in [0.1, 0.15) is 51.5 Å². The van der Waals surface area contributed by atoms with E-state index in [2.05, 4.69) is 45.0 Å². The maximum Gasteiger partial charge on any atom is 0.118 e. The van der Waals surface area contributed by atoms with Gasteiger partial charge in [0.15, 0.2) is 0 Å². The lowest BCUT2D eigenvalue weighted by atomic mass is 9.91. The number of methoxy groups -OCH3 is 1. The van der Waals surface area contributed by atoms with E-state index in [0.29, 0.717) is 5.92 Å². The van der Waals surface area contributed by atoms with Crippen molar-refractivity contribution in [3.8, 4) is 5.75 Å². The molecule has 1 heteroatoms. The van der Waals surface area contributed by atoms with E-state index < -0.39 is 0 Å². The van der Waals surface area contributed by atoms with E-state index in [1.165, 1.54) is 24.8 Å². The average molecular weight is 220 g/mol. The summed E-state index contributed by atoms with van der Waals surface area (Å²) in [5, 5.41) is 0. The molecule has 0 aliphatic heterocycles. The van der Waals surface area contributed by atoms with Crippen LogP contribution in [0.4, 0.5) is 0 Å². The lowest BCUT2D eigenvalue weighted by molar-refractivity contribution is 0.414. The van der Waals surface area contributed by atoms with Gasteiger partial charge in [0.05, 0.1) is 7.11 Å². The monoisotopic (exact) mass is 220 g/mol. The Morgan fingerprint density at radius 3 is 2.19 bits per heavy atom. The molecule has 1 aromatic rings. The van der Waals surface area contributed by atoms with Crippen molar-refractivity contribution in [1.82, 2.24) is 0 Å². The number of hydrogen-bond acceptors (Lipinski definition) is 1. The molecule has 1 nitrogen and oxygen atoms in total. The van der Waals surface area contributed by atoms with Gasteiger partial charge in [0, 0.05) is 0 Å². The van der Waals surface area contributed by atoms with Gasteiger partial charge in [-0.1, -0.05) is 45.7 Å². The maximum atomic E-state index is 5.16. The Balaban J connectivity index is 2.49. The second-order valence-electron chi connectivity index (χ2n) is 4.76. The molecule has 1 aromatic carbocycles. The van der Waals surface area contributed by atoms with Gasteiger partial charge in [0.25, 0.3) is 0 Å². The maximum absolute atomic E-state index is 5.16. The van der Waals surface area contributed by atoms with Gasteiger partial charge in [-0.2, -0.15) is 0 Å². The Hall–Kier alpha value is -0.980. The van der Waals surface area contributed by atoms with Gasteiger partial charge in [-0.05, 0) is 36.0 Å². The second-order valence-corrected chi connectivity index (χ2v) is 4.76. The first-order valence-corrected chi connectivity index (χ1v) is 6.31. The summed E-state index contributed by atoms with van der Waals surface area (Å²) in [5.74, 6) is 2.44. The highest BCUT2D eigenvalue weighted by Crippen LogP contribution is 2.25. The number of benzene rings is 1. The van der Waals surface area contributed by atoms with Crippen molar-refractivity contribution in [3.05, 3.63) is 29.8 Å². The van der Waals surface area contributed by atoms with Crippen molar-refractivity contribution >= 4 is 0 Å². The zero-order valence-electron chi connectivity index (χ0n) is 11.0. The highest BCUT2D eigenvalue weighted by Gasteiger charge is 2.07. The summed E-state index contributed by atoms with van der Waals surface area (Å²) in [6.07, 6.45) is 3.89. The summed E-state index contributed by atoms with van der Waals surface area (Å²) in [7, 11) is 1.71. The van der Waals surface area contributed by atoms with E-state index in [9.17, 15) is 0 Å². The van der Waals surface area contributed by atoms with Crippen molar-refractivity contribution in [1.29, 1.82) is 0 Å². The molecular formula is C15H24O. The lowest BCUT2D eigenvalue weighted by Crippen LogP contribution is -1.98. The van der Waals surface area contributed by atoms with Crippen molar-refractivity contribution < 1.29 is 4.74 Å². The van der Waals surface area contributed by atoms with Crippen LogP contribution in [-0.2, 0) is 0 Å². The number of rotatable bonds is 6. The van der Waals surface area contributed by atoms with Gasteiger partial charge in [-0.3, -0.25) is 0 Å². The third-order valence-corrected chi connectivity index (χ3v) is 3.47. The molecule has 0 amide bonds. The third-order valence-electron chi connectivity index (χ3n) is 3.47. The standard InChI is InChI=1S/C15H24O/c1-5-12(2)6-7-13(3)14-8-10-15(16-4)11-9-14/h8-13H,5-7H2,1-4H3. The summed E-state index contributed by atoms with van der Waals surface area (Å²) in [5.41, 5.74) is 1.42. The highest BCUT2D eigenvalue weighted by atomic mass is 16.5. The molecule has 0 bridgehead atoms. The van der Waals surface area contributed by atoms with Crippen LogP contribution < -0.4 is 4.74 Å². The molecule has 16 heavy (non-hydrogen) atoms. The molecule has 0 saturated heterocycles. The molecule has 0 heterocycles. The fraction of sp³-hybridized carbons (Fsp3) is 0.600. The average Bonchev–Trinajstić information content (AvgIpc) is 2.35. The van der Waals surface area contributed by atoms with Crippen LogP contribution in [0.3, 0.4) is 0 Å². The lowest BCUT2D eigenvalue weighted by Gasteiger charge is -2.15. The molecule has 0 aliphatic carbocycles. The highest BCUT2D eigenvalue weighted by molar-refractivity contribution is 5.28. The van der Waals surface area contributed by atoms with Gasteiger partial charge in [0.2, 0.25) is 0 Å². The van der Waals surface area contributed by atoms with Gasteiger partial charge < -0.3 is 4.74 Å². The fourth-order valence-corrected chi connectivity index (χ4v) is 1.84. The van der Waals surface area contributed by atoms with Gasteiger partial charge >= 0.3 is 0 Å². The Labute approximate surface area is 99.8 Å². The summed E-state index contributed by atoms with van der Waals surface area (Å²) in [4.78, 5) is 0. The zero-order valence-corrected chi connectivity index (χ0v) is 11.0. The quantitative estimate of drug-likeness (QED) is 0.679. The van der Waals surface area contributed by atoms with Crippen LogP contribution in [0.5, 0.6) is 5.75 Å². The Kier molecular flexibility index (Phi) is 5.37. The molecule has 2 atom stereocenters. The van der Waals surface area contributed by atoms with Crippen molar-refractivity contribution in [3.63, 3.8) is 0 Å². The molecule has 0 N–H and O–H groups in total. The molecule has 0 aliphatic rings. The minimum Gasteiger partial charge on any atom is -0.497 e. The van der Waals surface area contributed by atoms with Crippen molar-refractivity contribution in [2.24, 2.45) is 5.92 Å². The molecule has 0 saturated carbocycles. The van der Waals surface area contributed by atoms with Crippen LogP contribution in [-0.4, -0.2) is 7.11 Å². The van der Waals surface area contributed by atoms with Gasteiger partial charge in [-0.25, -0.2) is 0 Å². The summed E-state index contributed by atoms with van der Waals surface area (Å²) in [6, 6.07) is 8.46. The predicted molar refractivity (Wildman–Crippen MR) is 70.1 cm³/mol. The Morgan fingerprint density at radius 1 is 1.06 bits per heavy atom.